The quantitative estimate of drug-likeness (QED) is 0.123. The number of dihydropyridines is 1. The van der Waals surface area contributed by atoms with Crippen LogP contribution in [0.3, 0.4) is 0 Å². The Morgan fingerprint density at radius 2 is 0.636 bits per heavy atom. The highest BCUT2D eigenvalue weighted by molar-refractivity contribution is 6.11. The summed E-state index contributed by atoms with van der Waals surface area (Å²) < 4.78 is 6.67. The van der Waals surface area contributed by atoms with Crippen molar-refractivity contribution in [2.24, 2.45) is 0 Å². The summed E-state index contributed by atoms with van der Waals surface area (Å²) in [4.78, 5) is 55.5. The first kappa shape index (κ1) is 56.7. The summed E-state index contributed by atoms with van der Waals surface area (Å²) in [6.07, 6.45) is 23.1. The Morgan fingerprint density at radius 1 is 0.273 bits per heavy atom. The summed E-state index contributed by atoms with van der Waals surface area (Å²) >= 11 is 0. The summed E-state index contributed by atoms with van der Waals surface area (Å²) in [5.74, 6) is 2.41. The highest BCUT2D eigenvalue weighted by Gasteiger charge is 2.24. The third-order valence-electron chi connectivity index (χ3n) is 18.5. The van der Waals surface area contributed by atoms with E-state index >= 15 is 0 Å². The van der Waals surface area contributed by atoms with E-state index in [2.05, 4.69) is 186 Å². The molecular formula is C84H53N15. The largest absolute Gasteiger partial charge is 0.359 e. The first-order chi connectivity index (χ1) is 49.0. The van der Waals surface area contributed by atoms with Crippen molar-refractivity contribution in [1.82, 2.24) is 73.8 Å². The lowest BCUT2D eigenvalue weighted by atomic mass is 9.91. The molecule has 0 aliphatic carbocycles. The van der Waals surface area contributed by atoms with Gasteiger partial charge < -0.3 is 5.32 Å². The molecule has 1 aliphatic heterocycles. The standard InChI is InChI=1S/C84H53N15/c1-4-25-76-58(16-1)61-49-85-37-31-79(61)97(76)82-28-13-22-67(94-82)73-46-55(43-70(91-73)64-19-7-10-34-88-64)52-40-53(56-44-71(65-20-8-11-35-89-65)92-74(47-56)68-23-14-29-83(95-68)98-77-26-5-2-17-59(77)62-50-86-38-32-80(62)98)42-54(41-52)57-45-72(66-21-9-12-36-90-66)93-75(48-57)69-24-15-30-84(96-69)99-78-27-6-3-18-60(78)63-51-87-39-33-81(63)99/h1-51,67,94H. The van der Waals surface area contributed by atoms with Crippen LogP contribution in [0.15, 0.2) is 311 Å². The van der Waals surface area contributed by atoms with Crippen molar-refractivity contribution < 1.29 is 0 Å². The summed E-state index contributed by atoms with van der Waals surface area (Å²) in [7, 11) is 0. The van der Waals surface area contributed by atoms with E-state index in [1.54, 1.807) is 12.4 Å². The Labute approximate surface area is 566 Å². The van der Waals surface area contributed by atoms with Crippen LogP contribution in [-0.4, -0.2) is 68.5 Å². The second kappa shape index (κ2) is 23.6. The Hall–Kier alpha value is -13.8. The molecule has 0 amide bonds. The van der Waals surface area contributed by atoms with E-state index < -0.39 is 0 Å². The van der Waals surface area contributed by atoms with Gasteiger partial charge in [0.25, 0.3) is 0 Å². The number of hydrogen-bond acceptors (Lipinski definition) is 12. The first-order valence-electron chi connectivity index (χ1n) is 32.6. The molecule has 18 aromatic rings. The molecular weight excluding hydrogens is 1220 g/mol. The molecule has 464 valence electrons. The van der Waals surface area contributed by atoms with Crippen LogP contribution in [0.5, 0.6) is 0 Å². The molecule has 15 nitrogen and oxygen atoms in total. The zero-order valence-corrected chi connectivity index (χ0v) is 52.8. The van der Waals surface area contributed by atoms with Crippen LogP contribution < -0.4 is 5.32 Å². The lowest BCUT2D eigenvalue weighted by molar-refractivity contribution is 0.714. The zero-order valence-electron chi connectivity index (χ0n) is 52.8. The van der Waals surface area contributed by atoms with Gasteiger partial charge in [-0.1, -0.05) is 97.1 Å². The molecule has 1 unspecified atom stereocenters. The van der Waals surface area contributed by atoms with Crippen molar-refractivity contribution in [2.45, 2.75) is 6.04 Å². The molecule has 1 atom stereocenters. The molecule has 14 aromatic heterocycles. The Morgan fingerprint density at radius 3 is 1.08 bits per heavy atom. The molecule has 0 bridgehead atoms. The normalized spacial score (nSPS) is 13.1. The first-order valence-corrected chi connectivity index (χ1v) is 32.6. The molecule has 0 radical (unpaired) electrons. The summed E-state index contributed by atoms with van der Waals surface area (Å²) in [5, 5.41) is 10.4. The molecule has 1 aliphatic rings. The van der Waals surface area contributed by atoms with Crippen molar-refractivity contribution in [1.29, 1.82) is 0 Å². The van der Waals surface area contributed by atoms with Crippen LogP contribution in [-0.2, 0) is 0 Å². The summed E-state index contributed by atoms with van der Waals surface area (Å²) in [5.41, 5.74) is 19.4. The van der Waals surface area contributed by atoms with Crippen molar-refractivity contribution >= 4 is 71.2 Å². The molecule has 1 N–H and O–H groups in total. The second-order valence-corrected chi connectivity index (χ2v) is 24.4. The van der Waals surface area contributed by atoms with Crippen LogP contribution >= 0.6 is 0 Å². The molecule has 0 saturated carbocycles. The number of pyridine rings is 11. The van der Waals surface area contributed by atoms with Gasteiger partial charge in [0, 0.05) is 88.1 Å². The van der Waals surface area contributed by atoms with Crippen molar-refractivity contribution in [3.63, 3.8) is 0 Å². The van der Waals surface area contributed by atoms with Gasteiger partial charge in [0.15, 0.2) is 0 Å². The number of nitrogens with one attached hydrogen (secondary N) is 1. The maximum atomic E-state index is 5.48. The van der Waals surface area contributed by atoms with Crippen molar-refractivity contribution in [3.8, 4) is 102 Å². The van der Waals surface area contributed by atoms with Gasteiger partial charge in [-0.3, -0.25) is 43.6 Å². The molecule has 0 saturated heterocycles. The van der Waals surface area contributed by atoms with Gasteiger partial charge in [-0.15, -0.1) is 0 Å². The van der Waals surface area contributed by atoms with E-state index in [1.807, 2.05) is 147 Å². The van der Waals surface area contributed by atoms with Crippen LogP contribution in [0.25, 0.3) is 173 Å². The van der Waals surface area contributed by atoms with E-state index in [0.717, 1.165) is 128 Å². The number of fused-ring (bicyclic) bond motifs is 9. The number of para-hydroxylation sites is 3. The fraction of sp³-hybridized carbons (Fsp3) is 0.0119. The third-order valence-corrected chi connectivity index (χ3v) is 18.5. The van der Waals surface area contributed by atoms with Gasteiger partial charge >= 0.3 is 0 Å². The summed E-state index contributed by atoms with van der Waals surface area (Å²) in [6, 6.07) is 80.7. The monoisotopic (exact) mass is 1270 g/mol. The van der Waals surface area contributed by atoms with Gasteiger partial charge in [0.1, 0.15) is 17.5 Å². The molecule has 15 heteroatoms. The van der Waals surface area contributed by atoms with Crippen LogP contribution in [0.1, 0.15) is 11.7 Å². The molecule has 4 aromatic carbocycles. The molecule has 0 fully saturated rings. The molecule has 15 heterocycles. The van der Waals surface area contributed by atoms with Crippen molar-refractivity contribution in [3.05, 3.63) is 316 Å². The number of hydrogen-bond donors (Lipinski definition) is 1. The Bertz CT molecular complexity index is 5870. The average Bonchev–Trinajstić information content (AvgIpc) is 1.63. The Balaban J connectivity index is 0.821. The predicted molar refractivity (Wildman–Crippen MR) is 393 cm³/mol. The van der Waals surface area contributed by atoms with Gasteiger partial charge in [-0.25, -0.2) is 24.9 Å². The highest BCUT2D eigenvalue weighted by Crippen LogP contribution is 2.42. The lowest BCUT2D eigenvalue weighted by Crippen LogP contribution is -2.24. The minimum Gasteiger partial charge on any atom is -0.359 e. The van der Waals surface area contributed by atoms with E-state index in [0.29, 0.717) is 51.2 Å². The van der Waals surface area contributed by atoms with Crippen LogP contribution in [0.2, 0.25) is 0 Å². The fourth-order valence-electron chi connectivity index (χ4n) is 14.0. The van der Waals surface area contributed by atoms with E-state index in [4.69, 9.17) is 39.9 Å². The topological polar surface area (TPSA) is 169 Å². The maximum absolute atomic E-state index is 5.48. The molecule has 0 spiro atoms. The number of rotatable bonds is 12. The van der Waals surface area contributed by atoms with Crippen molar-refractivity contribution in [2.75, 3.05) is 0 Å². The number of aromatic nitrogens is 14. The Kier molecular flexibility index (Phi) is 13.5. The molecule has 19 rings (SSSR count). The minimum atomic E-state index is -0.356. The van der Waals surface area contributed by atoms with E-state index in [-0.39, 0.29) is 6.04 Å². The fourth-order valence-corrected chi connectivity index (χ4v) is 14.0. The van der Waals surface area contributed by atoms with E-state index in [9.17, 15) is 0 Å². The lowest BCUT2D eigenvalue weighted by Gasteiger charge is -2.24. The smallest absolute Gasteiger partial charge is 0.138 e. The van der Waals surface area contributed by atoms with Gasteiger partial charge in [0.2, 0.25) is 0 Å². The number of nitrogens with zero attached hydrogens (tertiary/aromatic N) is 14. The predicted octanol–water partition coefficient (Wildman–Crippen LogP) is 18.4. The van der Waals surface area contributed by atoms with E-state index in [1.165, 1.54) is 0 Å². The highest BCUT2D eigenvalue weighted by atomic mass is 15.2. The third kappa shape index (κ3) is 10.0. The average molecular weight is 1270 g/mol. The maximum Gasteiger partial charge on any atom is 0.138 e. The summed E-state index contributed by atoms with van der Waals surface area (Å²) in [6.45, 7) is 0. The second-order valence-electron chi connectivity index (χ2n) is 24.4. The van der Waals surface area contributed by atoms with Gasteiger partial charge in [0.05, 0.1) is 102 Å². The van der Waals surface area contributed by atoms with Crippen LogP contribution in [0, 0.1) is 0 Å². The number of benzene rings is 4. The van der Waals surface area contributed by atoms with Gasteiger partial charge in [-0.05, 0) is 191 Å². The van der Waals surface area contributed by atoms with Gasteiger partial charge in [-0.2, -0.15) is 0 Å². The SMILES string of the molecule is C1=CC(c2cc(-c3cc(-c4cc(-c5ccccn5)nc(-c5cccc(-n6c7ccccc7c7cnccc76)n5)c4)cc(-c4cc(-c5ccccn5)nc(-c5cccc(-n6c7ccccc7c7cnccc76)n5)c4)c3)cc(-c3ccccn3)n2)NC(n2c3ccccc3c3cnccc32)=C1. The zero-order chi connectivity index (χ0) is 65.3. The number of allylic oxidation sites excluding steroid dienone is 2. The molecule has 99 heavy (non-hydrogen) atoms. The minimum absolute atomic E-state index is 0.356. The van der Waals surface area contributed by atoms with Crippen LogP contribution in [0.4, 0.5) is 0 Å².